The Morgan fingerprint density at radius 3 is 2.53 bits per heavy atom. The van der Waals surface area contributed by atoms with Crippen molar-refractivity contribution in [2.75, 3.05) is 16.9 Å². The number of carbonyl (C=O) groups excluding carboxylic acids is 3. The van der Waals surface area contributed by atoms with E-state index in [1.807, 2.05) is 0 Å². The van der Waals surface area contributed by atoms with E-state index >= 15 is 0 Å². The third-order valence-electron chi connectivity index (χ3n) is 8.66. The lowest BCUT2D eigenvalue weighted by Gasteiger charge is -2.46. The number of nitrogens with zero attached hydrogens (tertiary/aromatic N) is 2. The van der Waals surface area contributed by atoms with Crippen LogP contribution in [-0.4, -0.2) is 101 Å². The van der Waals surface area contributed by atoms with Crippen molar-refractivity contribution >= 4 is 50.4 Å². The summed E-state index contributed by atoms with van der Waals surface area (Å²) in [5.41, 5.74) is 4.22. The zero-order valence-corrected chi connectivity index (χ0v) is 22.7. The largest absolute Gasteiger partial charge is 0.493 e. The molecule has 0 spiro atoms. The van der Waals surface area contributed by atoms with Crippen LogP contribution < -0.4 is 10.3 Å². The summed E-state index contributed by atoms with van der Waals surface area (Å²) in [6, 6.07) is -1.17. The minimum absolute atomic E-state index is 0.0389. The molecule has 224 valence electrons. The summed E-state index contributed by atoms with van der Waals surface area (Å²) in [6.45, 7) is 0.889. The fraction of sp³-hybridized carbons (Fsp3) is 0.345. The molecule has 6 unspecified atom stereocenters. The van der Waals surface area contributed by atoms with Crippen molar-refractivity contribution < 1.29 is 49.8 Å². The Kier molecular flexibility index (Phi) is 6.06. The Labute approximate surface area is 242 Å². The number of H-pyrrole nitrogens is 1. The third kappa shape index (κ3) is 3.55. The maximum Gasteiger partial charge on any atom is 0.238 e. The molecule has 2 aliphatic carbocycles. The average Bonchev–Trinajstić information content (AvgIpc) is 3.62. The monoisotopic (exact) mass is 592 g/mol. The van der Waals surface area contributed by atoms with E-state index in [0.717, 1.165) is 4.68 Å². The lowest BCUT2D eigenvalue weighted by atomic mass is 9.90. The molecule has 7 rings (SSSR count). The summed E-state index contributed by atoms with van der Waals surface area (Å²) in [7, 11) is 0. The van der Waals surface area contributed by atoms with E-state index < -0.39 is 66.7 Å². The molecule has 4 heterocycles. The van der Waals surface area contributed by atoms with E-state index in [1.54, 1.807) is 19.1 Å². The zero-order chi connectivity index (χ0) is 30.5. The zero-order valence-electron chi connectivity index (χ0n) is 22.7. The first kappa shape index (κ1) is 27.4. The van der Waals surface area contributed by atoms with E-state index in [4.69, 9.17) is 4.74 Å². The summed E-state index contributed by atoms with van der Waals surface area (Å²) >= 11 is 0. The molecule has 14 heteroatoms. The van der Waals surface area contributed by atoms with Crippen molar-refractivity contribution in [2.45, 2.75) is 56.5 Å². The van der Waals surface area contributed by atoms with Crippen LogP contribution in [0.1, 0.15) is 35.0 Å². The van der Waals surface area contributed by atoms with Crippen molar-refractivity contribution in [3.05, 3.63) is 47.2 Å². The van der Waals surface area contributed by atoms with Gasteiger partial charge in [-0.05, 0) is 29.7 Å². The van der Waals surface area contributed by atoms with Gasteiger partial charge in [0, 0.05) is 17.4 Å². The van der Waals surface area contributed by atoms with Crippen molar-refractivity contribution in [1.82, 2.24) is 9.66 Å². The van der Waals surface area contributed by atoms with E-state index in [0.29, 0.717) is 16.5 Å². The van der Waals surface area contributed by atoms with Gasteiger partial charge in [0.2, 0.25) is 23.5 Å². The number of ketones is 2. The fourth-order valence-corrected chi connectivity index (χ4v) is 6.69. The highest BCUT2D eigenvalue weighted by Gasteiger charge is 2.53. The van der Waals surface area contributed by atoms with Gasteiger partial charge in [-0.3, -0.25) is 19.8 Å². The van der Waals surface area contributed by atoms with E-state index in [1.165, 1.54) is 23.1 Å². The number of allylic oxidation sites excluding steroid dienone is 4. The third-order valence-corrected chi connectivity index (χ3v) is 8.66. The number of aromatic amines is 1. The smallest absolute Gasteiger partial charge is 0.238 e. The number of hydrogen-bond donors (Lipinski definition) is 8. The maximum atomic E-state index is 13.5. The van der Waals surface area contributed by atoms with Crippen LogP contribution in [0.4, 0.5) is 5.69 Å². The van der Waals surface area contributed by atoms with Gasteiger partial charge in [0.1, 0.15) is 30.5 Å². The lowest BCUT2D eigenvalue weighted by Crippen LogP contribution is -2.65. The Bertz CT molecular complexity index is 1850. The number of hydrogen-bond acceptors (Lipinski definition) is 11. The van der Waals surface area contributed by atoms with Gasteiger partial charge in [-0.1, -0.05) is 25.2 Å². The van der Waals surface area contributed by atoms with Crippen LogP contribution in [0.3, 0.4) is 0 Å². The van der Waals surface area contributed by atoms with Crippen LogP contribution in [0, 0.1) is 0 Å². The molecular formula is C29H28N4O10. The van der Waals surface area contributed by atoms with E-state index in [2.05, 4.69) is 10.4 Å². The molecule has 6 atom stereocenters. The lowest BCUT2D eigenvalue weighted by molar-refractivity contribution is -0.229. The molecule has 43 heavy (non-hydrogen) atoms. The number of anilines is 1. The molecule has 14 nitrogen and oxygen atoms in total. The molecule has 1 fully saturated rings. The summed E-state index contributed by atoms with van der Waals surface area (Å²) < 4.78 is 6.76. The van der Waals surface area contributed by atoms with Gasteiger partial charge in [0.25, 0.3) is 0 Å². The average molecular weight is 593 g/mol. The first-order valence-electron chi connectivity index (χ1n) is 13.8. The number of aromatic nitrogens is 2. The molecule has 1 saturated heterocycles. The van der Waals surface area contributed by atoms with Crippen LogP contribution in [0.15, 0.2) is 30.4 Å². The topological polar surface area (TPSA) is 218 Å². The van der Waals surface area contributed by atoms with Gasteiger partial charge in [0.05, 0.1) is 34.3 Å². The summed E-state index contributed by atoms with van der Waals surface area (Å²) in [6.07, 6.45) is -0.182. The first-order chi connectivity index (χ1) is 20.6. The molecule has 3 aromatic rings. The highest BCUT2D eigenvalue weighted by Crippen LogP contribution is 2.57. The number of fused-ring (bicyclic) bond motifs is 10. The second-order valence-corrected chi connectivity index (χ2v) is 11.0. The standard InChI is InChI=1S/C29H28N4O10/c1-2-15(37)31-33-27(41)18-16-10-5-3-7-12(35)20(10)30-21(16)23-17(19(18)28(33)42)11-6-4-8-13(36)22(11)32(23)29-26(40)25(39)24(38)14(9-34)43-29/h3-4,6-8,14,22,24-26,29-30,34,38-42H,2,5,9H2,1H3,(H,31,37). The minimum Gasteiger partial charge on any atom is -0.493 e. The molecule has 0 bridgehead atoms. The van der Waals surface area contributed by atoms with E-state index in [-0.39, 0.29) is 51.9 Å². The van der Waals surface area contributed by atoms with Crippen molar-refractivity contribution in [1.29, 1.82) is 0 Å². The second kappa shape index (κ2) is 9.52. The predicted octanol–water partition coefficient (Wildman–Crippen LogP) is -0.180. The Morgan fingerprint density at radius 2 is 1.81 bits per heavy atom. The van der Waals surface area contributed by atoms with Crippen LogP contribution in [0.5, 0.6) is 11.8 Å². The molecule has 4 aliphatic rings. The number of benzene rings is 1. The molecule has 2 aliphatic heterocycles. The first-order valence-corrected chi connectivity index (χ1v) is 13.8. The number of amides is 1. The molecule has 2 aromatic heterocycles. The van der Waals surface area contributed by atoms with Gasteiger partial charge >= 0.3 is 0 Å². The number of aliphatic hydroxyl groups excluding tert-OH is 4. The van der Waals surface area contributed by atoms with Crippen LogP contribution in [0.25, 0.3) is 27.2 Å². The fourth-order valence-electron chi connectivity index (χ4n) is 6.69. The SMILES string of the molecule is CCC(=O)Nn1c(O)c2c3c(c4[nH]c5c(c4c2c1O)CC=CC5=O)N(C1OC(CO)C(O)C(O)C1O)C1C(=O)C=CC=C31. The Hall–Kier alpha value is -4.47. The summed E-state index contributed by atoms with van der Waals surface area (Å²) in [5, 5.41) is 65.7. The number of aromatic hydroxyl groups is 2. The molecule has 0 saturated carbocycles. The highest BCUT2D eigenvalue weighted by atomic mass is 16.6. The molecule has 0 radical (unpaired) electrons. The number of ether oxygens (including phenoxy) is 1. The van der Waals surface area contributed by atoms with Gasteiger partial charge in [-0.15, -0.1) is 0 Å². The van der Waals surface area contributed by atoms with Crippen molar-refractivity contribution in [3.8, 4) is 11.8 Å². The number of nitrogens with one attached hydrogen (secondary N) is 2. The van der Waals surface area contributed by atoms with E-state index in [9.17, 15) is 45.0 Å². The summed E-state index contributed by atoms with van der Waals surface area (Å²) in [4.78, 5) is 43.4. The molecule has 8 N–H and O–H groups in total. The minimum atomic E-state index is -1.77. The predicted molar refractivity (Wildman–Crippen MR) is 151 cm³/mol. The Balaban J connectivity index is 1.62. The van der Waals surface area contributed by atoms with Crippen molar-refractivity contribution in [2.24, 2.45) is 0 Å². The van der Waals surface area contributed by atoms with Crippen LogP contribution in [-0.2, 0) is 20.7 Å². The van der Waals surface area contributed by atoms with Crippen LogP contribution in [0.2, 0.25) is 0 Å². The normalized spacial score (nSPS) is 27.9. The van der Waals surface area contributed by atoms with Crippen molar-refractivity contribution in [3.63, 3.8) is 0 Å². The van der Waals surface area contributed by atoms with Gasteiger partial charge in [-0.2, -0.15) is 4.68 Å². The van der Waals surface area contributed by atoms with Gasteiger partial charge in [0.15, 0.2) is 12.0 Å². The maximum absolute atomic E-state index is 13.5. The highest BCUT2D eigenvalue weighted by molar-refractivity contribution is 6.29. The summed E-state index contributed by atoms with van der Waals surface area (Å²) in [5.74, 6) is -2.36. The van der Waals surface area contributed by atoms with Gasteiger partial charge < -0.3 is 45.3 Å². The number of rotatable bonds is 4. The van der Waals surface area contributed by atoms with Gasteiger partial charge in [-0.25, -0.2) is 0 Å². The molecular weight excluding hydrogens is 564 g/mol. The second-order valence-electron chi connectivity index (χ2n) is 11.0. The number of aliphatic hydroxyl groups is 4. The molecule has 1 amide bonds. The van der Waals surface area contributed by atoms with Crippen LogP contribution >= 0.6 is 0 Å². The molecule has 1 aromatic carbocycles. The Morgan fingerprint density at radius 1 is 1.07 bits per heavy atom. The quantitative estimate of drug-likeness (QED) is 0.199. The number of carbonyl (C=O) groups is 3.